The molecule has 1 N–H and O–H groups in total. The van der Waals surface area contributed by atoms with Crippen LogP contribution < -0.4 is 0 Å². The molecule has 1 fully saturated rings. The van der Waals surface area contributed by atoms with Crippen molar-refractivity contribution in [2.45, 2.75) is 39.7 Å². The van der Waals surface area contributed by atoms with E-state index in [9.17, 15) is 4.79 Å². The predicted molar refractivity (Wildman–Crippen MR) is 98.8 cm³/mol. The van der Waals surface area contributed by atoms with E-state index in [0.29, 0.717) is 18.0 Å². The van der Waals surface area contributed by atoms with E-state index in [1.165, 1.54) is 12.0 Å². The lowest BCUT2D eigenvalue weighted by atomic mass is 10.1. The van der Waals surface area contributed by atoms with Crippen molar-refractivity contribution in [2.24, 2.45) is 5.92 Å². The van der Waals surface area contributed by atoms with Gasteiger partial charge in [-0.25, -0.2) is 0 Å². The molecule has 0 saturated heterocycles. The molecule has 130 valence electrons. The number of hydrogen-bond donors (Lipinski definition) is 1. The molecule has 0 spiro atoms. The number of aromatic amines is 1. The standard InChI is InChI=1S/C21H24N2O2/c1-12-10-18(12)19-9-8-15(25-19)11-23(4)21(24)17-7-5-6-16-13(2)14(3)22-20(16)17/h5-9,12,18,22H,10-11H2,1-4H3/t12-,18-/m0/s1. The average Bonchev–Trinajstić information content (AvgIpc) is 3.01. The van der Waals surface area contributed by atoms with Crippen molar-refractivity contribution in [1.29, 1.82) is 0 Å². The lowest BCUT2D eigenvalue weighted by molar-refractivity contribution is 0.0776. The molecule has 4 heteroatoms. The molecule has 25 heavy (non-hydrogen) atoms. The number of aromatic nitrogens is 1. The van der Waals surface area contributed by atoms with Crippen LogP contribution in [0, 0.1) is 19.8 Å². The third kappa shape index (κ3) is 2.76. The zero-order valence-corrected chi connectivity index (χ0v) is 15.2. The van der Waals surface area contributed by atoms with Gasteiger partial charge >= 0.3 is 0 Å². The molecule has 1 aliphatic carbocycles. The number of furan rings is 1. The number of amides is 1. The van der Waals surface area contributed by atoms with Crippen LogP contribution in [0.15, 0.2) is 34.7 Å². The van der Waals surface area contributed by atoms with Crippen LogP contribution in [0.1, 0.15) is 52.4 Å². The molecular formula is C21H24N2O2. The molecule has 0 aliphatic heterocycles. The minimum absolute atomic E-state index is 0.00425. The number of rotatable bonds is 4. The lowest BCUT2D eigenvalue weighted by Crippen LogP contribution is -2.26. The Morgan fingerprint density at radius 2 is 2.04 bits per heavy atom. The van der Waals surface area contributed by atoms with Crippen molar-refractivity contribution in [3.8, 4) is 0 Å². The van der Waals surface area contributed by atoms with E-state index in [0.717, 1.165) is 34.0 Å². The second-order valence-electron chi connectivity index (χ2n) is 7.39. The number of benzene rings is 1. The molecule has 2 aromatic heterocycles. The Bertz CT molecular complexity index is 950. The molecular weight excluding hydrogens is 312 g/mol. The van der Waals surface area contributed by atoms with Crippen LogP contribution in [0.25, 0.3) is 10.9 Å². The van der Waals surface area contributed by atoms with Crippen LogP contribution in [-0.4, -0.2) is 22.8 Å². The second kappa shape index (κ2) is 5.80. The van der Waals surface area contributed by atoms with Crippen molar-refractivity contribution < 1.29 is 9.21 Å². The monoisotopic (exact) mass is 336 g/mol. The van der Waals surface area contributed by atoms with Crippen LogP contribution in [0.3, 0.4) is 0 Å². The Morgan fingerprint density at radius 1 is 1.28 bits per heavy atom. The Balaban J connectivity index is 1.56. The van der Waals surface area contributed by atoms with Crippen LogP contribution in [0.2, 0.25) is 0 Å². The van der Waals surface area contributed by atoms with Crippen molar-refractivity contribution in [1.82, 2.24) is 9.88 Å². The van der Waals surface area contributed by atoms with E-state index in [1.807, 2.05) is 32.2 Å². The highest BCUT2D eigenvalue weighted by atomic mass is 16.3. The first-order chi connectivity index (χ1) is 12.0. The van der Waals surface area contributed by atoms with Crippen LogP contribution in [0.5, 0.6) is 0 Å². The van der Waals surface area contributed by atoms with Gasteiger partial charge in [0.25, 0.3) is 5.91 Å². The van der Waals surface area contributed by atoms with Gasteiger partial charge in [-0.3, -0.25) is 4.79 Å². The number of carbonyl (C=O) groups excluding carboxylic acids is 1. The van der Waals surface area contributed by atoms with Gasteiger partial charge < -0.3 is 14.3 Å². The molecule has 3 aromatic rings. The van der Waals surface area contributed by atoms with E-state index in [4.69, 9.17) is 4.42 Å². The highest BCUT2D eigenvalue weighted by Crippen LogP contribution is 2.47. The van der Waals surface area contributed by atoms with Gasteiger partial charge in [-0.15, -0.1) is 0 Å². The third-order valence-electron chi connectivity index (χ3n) is 5.47. The maximum Gasteiger partial charge on any atom is 0.256 e. The van der Waals surface area contributed by atoms with Crippen molar-refractivity contribution in [3.05, 3.63) is 58.7 Å². The number of carbonyl (C=O) groups is 1. The van der Waals surface area contributed by atoms with Crippen molar-refractivity contribution in [2.75, 3.05) is 7.05 Å². The van der Waals surface area contributed by atoms with Gasteiger partial charge in [0.2, 0.25) is 0 Å². The van der Waals surface area contributed by atoms with E-state index in [1.54, 1.807) is 4.90 Å². The van der Waals surface area contributed by atoms with E-state index in [-0.39, 0.29) is 5.91 Å². The molecule has 0 unspecified atom stereocenters. The first kappa shape index (κ1) is 16.0. The van der Waals surface area contributed by atoms with Gasteiger partial charge in [-0.1, -0.05) is 19.1 Å². The number of nitrogens with one attached hydrogen (secondary N) is 1. The van der Waals surface area contributed by atoms with Crippen molar-refractivity contribution >= 4 is 16.8 Å². The molecule has 2 atom stereocenters. The zero-order chi connectivity index (χ0) is 17.7. The molecule has 1 aromatic carbocycles. The molecule has 4 rings (SSSR count). The summed E-state index contributed by atoms with van der Waals surface area (Å²) in [6.45, 7) is 6.84. The molecule has 0 bridgehead atoms. The van der Waals surface area contributed by atoms with Gasteiger partial charge in [0.05, 0.1) is 17.6 Å². The number of aryl methyl sites for hydroxylation is 2. The van der Waals surface area contributed by atoms with E-state index in [2.05, 4.69) is 31.0 Å². The first-order valence-electron chi connectivity index (χ1n) is 8.87. The van der Waals surface area contributed by atoms with E-state index < -0.39 is 0 Å². The number of H-pyrrole nitrogens is 1. The van der Waals surface area contributed by atoms with Crippen molar-refractivity contribution in [3.63, 3.8) is 0 Å². The Hall–Kier alpha value is -2.49. The SMILES string of the molecule is Cc1[nH]c2c(C(=O)N(C)Cc3ccc([C@H]4C[C@@H]4C)o3)cccc2c1C. The van der Waals surface area contributed by atoms with Gasteiger partial charge in [-0.05, 0) is 49.9 Å². The Labute approximate surface area is 147 Å². The summed E-state index contributed by atoms with van der Waals surface area (Å²) in [6.07, 6.45) is 1.20. The maximum absolute atomic E-state index is 13.0. The summed E-state index contributed by atoms with van der Waals surface area (Å²) in [5.41, 5.74) is 3.92. The lowest BCUT2D eigenvalue weighted by Gasteiger charge is -2.16. The van der Waals surface area contributed by atoms with Crippen LogP contribution >= 0.6 is 0 Å². The smallest absolute Gasteiger partial charge is 0.256 e. The normalized spacial score (nSPS) is 19.4. The molecule has 1 aliphatic rings. The highest BCUT2D eigenvalue weighted by molar-refractivity contribution is 6.06. The number of fused-ring (bicyclic) bond motifs is 1. The minimum atomic E-state index is 0.00425. The summed E-state index contributed by atoms with van der Waals surface area (Å²) in [5, 5.41) is 1.11. The first-order valence-corrected chi connectivity index (χ1v) is 8.87. The van der Waals surface area contributed by atoms with Gasteiger partial charge in [0.15, 0.2) is 0 Å². The number of hydrogen-bond acceptors (Lipinski definition) is 2. The summed E-state index contributed by atoms with van der Waals surface area (Å²) in [4.78, 5) is 18.0. The fourth-order valence-corrected chi connectivity index (χ4v) is 3.57. The minimum Gasteiger partial charge on any atom is -0.464 e. The summed E-state index contributed by atoms with van der Waals surface area (Å²) in [7, 11) is 1.83. The fourth-order valence-electron chi connectivity index (χ4n) is 3.57. The molecule has 4 nitrogen and oxygen atoms in total. The average molecular weight is 336 g/mol. The number of nitrogens with zero attached hydrogens (tertiary/aromatic N) is 1. The second-order valence-corrected chi connectivity index (χ2v) is 7.39. The Kier molecular flexibility index (Phi) is 3.71. The highest BCUT2D eigenvalue weighted by Gasteiger charge is 2.36. The maximum atomic E-state index is 13.0. The quantitative estimate of drug-likeness (QED) is 0.746. The van der Waals surface area contributed by atoms with Gasteiger partial charge in [0.1, 0.15) is 11.5 Å². The Morgan fingerprint density at radius 3 is 2.76 bits per heavy atom. The fraction of sp³-hybridized carbons (Fsp3) is 0.381. The van der Waals surface area contributed by atoms with Gasteiger partial charge in [0, 0.05) is 24.0 Å². The third-order valence-corrected chi connectivity index (χ3v) is 5.47. The van der Waals surface area contributed by atoms with E-state index >= 15 is 0 Å². The molecule has 0 radical (unpaired) electrons. The largest absolute Gasteiger partial charge is 0.464 e. The molecule has 1 amide bonds. The predicted octanol–water partition coefficient (Wildman–Crippen LogP) is 4.77. The van der Waals surface area contributed by atoms with Gasteiger partial charge in [-0.2, -0.15) is 0 Å². The topological polar surface area (TPSA) is 49.2 Å². The summed E-state index contributed by atoms with van der Waals surface area (Å²) in [6, 6.07) is 9.94. The van der Waals surface area contributed by atoms with Crippen LogP contribution in [0.4, 0.5) is 0 Å². The molecule has 1 saturated carbocycles. The summed E-state index contributed by atoms with van der Waals surface area (Å²) < 4.78 is 5.94. The zero-order valence-electron chi connectivity index (χ0n) is 15.2. The molecule has 2 heterocycles. The summed E-state index contributed by atoms with van der Waals surface area (Å²) >= 11 is 0. The van der Waals surface area contributed by atoms with Crippen LogP contribution in [-0.2, 0) is 6.54 Å². The summed E-state index contributed by atoms with van der Waals surface area (Å²) in [5.74, 6) is 3.19. The number of para-hydroxylation sites is 1.